The van der Waals surface area contributed by atoms with Crippen molar-refractivity contribution in [3.63, 3.8) is 0 Å². The molecule has 0 spiro atoms. The smallest absolute Gasteiger partial charge is 0.387 e. The molecule has 0 aliphatic carbocycles. The molecule has 2 aromatic rings. The Morgan fingerprint density at radius 3 is 2.69 bits per heavy atom. The number of rotatable bonds is 8. The van der Waals surface area contributed by atoms with Crippen molar-refractivity contribution in [2.24, 2.45) is 4.99 Å². The van der Waals surface area contributed by atoms with Gasteiger partial charge in [-0.3, -0.25) is 4.99 Å². The first-order chi connectivity index (χ1) is 12.5. The molecule has 9 heteroatoms. The molecular formula is C17H22F2N4O2S. The minimum absolute atomic E-state index is 0.0304. The predicted octanol–water partition coefficient (Wildman–Crippen LogP) is 3.32. The number of benzene rings is 1. The van der Waals surface area contributed by atoms with Crippen LogP contribution >= 0.6 is 11.3 Å². The van der Waals surface area contributed by atoms with Gasteiger partial charge in [0, 0.05) is 30.2 Å². The van der Waals surface area contributed by atoms with Crippen LogP contribution in [0.1, 0.15) is 22.4 Å². The third-order valence-corrected chi connectivity index (χ3v) is 4.23. The third kappa shape index (κ3) is 5.83. The van der Waals surface area contributed by atoms with Gasteiger partial charge in [-0.15, -0.1) is 11.3 Å². The molecule has 1 aromatic heterocycles. The van der Waals surface area contributed by atoms with E-state index in [9.17, 15) is 8.78 Å². The van der Waals surface area contributed by atoms with Crippen molar-refractivity contribution >= 4 is 17.3 Å². The summed E-state index contributed by atoms with van der Waals surface area (Å²) in [4.78, 5) is 9.53. The second kappa shape index (κ2) is 9.91. The van der Waals surface area contributed by atoms with Gasteiger partial charge < -0.3 is 20.1 Å². The minimum Gasteiger partial charge on any atom is -0.490 e. The lowest BCUT2D eigenvalue weighted by atomic mass is 10.2. The third-order valence-electron chi connectivity index (χ3n) is 3.31. The summed E-state index contributed by atoms with van der Waals surface area (Å²) in [6, 6.07) is 5.03. The number of halogens is 2. The van der Waals surface area contributed by atoms with E-state index >= 15 is 0 Å². The molecule has 0 saturated heterocycles. The summed E-state index contributed by atoms with van der Waals surface area (Å²) in [5.74, 6) is 0.846. The molecule has 2 N–H and O–H groups in total. The topological polar surface area (TPSA) is 67.8 Å². The van der Waals surface area contributed by atoms with Crippen molar-refractivity contribution in [3.8, 4) is 11.5 Å². The normalized spacial score (nSPS) is 11.5. The molecule has 2 rings (SSSR count). The number of para-hydroxylation sites is 1. The Balaban J connectivity index is 2.02. The van der Waals surface area contributed by atoms with E-state index < -0.39 is 6.61 Å². The summed E-state index contributed by atoms with van der Waals surface area (Å²) >= 11 is 1.60. The van der Waals surface area contributed by atoms with Gasteiger partial charge in [0.2, 0.25) is 0 Å². The minimum atomic E-state index is -2.93. The van der Waals surface area contributed by atoms with Crippen LogP contribution in [0.25, 0.3) is 0 Å². The average Bonchev–Trinajstić information content (AvgIpc) is 3.02. The van der Waals surface area contributed by atoms with Crippen LogP contribution in [0, 0.1) is 6.92 Å². The van der Waals surface area contributed by atoms with E-state index in [2.05, 4.69) is 25.3 Å². The average molecular weight is 384 g/mol. The first-order valence-electron chi connectivity index (χ1n) is 8.08. The van der Waals surface area contributed by atoms with Crippen molar-refractivity contribution in [1.82, 2.24) is 15.6 Å². The Kier molecular flexibility index (Phi) is 7.58. The monoisotopic (exact) mass is 384 g/mol. The van der Waals surface area contributed by atoms with Gasteiger partial charge in [-0.05, 0) is 19.9 Å². The number of alkyl halides is 2. The number of aliphatic imine (C=N–C) groups is 1. The molecule has 0 bridgehead atoms. The van der Waals surface area contributed by atoms with Gasteiger partial charge in [0.1, 0.15) is 5.01 Å². The molecule has 0 aliphatic rings. The molecule has 0 fully saturated rings. The van der Waals surface area contributed by atoms with E-state index in [1.165, 1.54) is 0 Å². The van der Waals surface area contributed by atoms with Gasteiger partial charge in [-0.2, -0.15) is 8.78 Å². The highest BCUT2D eigenvalue weighted by Crippen LogP contribution is 2.32. The molecule has 0 saturated carbocycles. The summed E-state index contributed by atoms with van der Waals surface area (Å²) < 4.78 is 35.6. The number of aryl methyl sites for hydroxylation is 1. The Bertz CT molecular complexity index is 737. The highest BCUT2D eigenvalue weighted by Gasteiger charge is 2.16. The van der Waals surface area contributed by atoms with E-state index in [-0.39, 0.29) is 18.0 Å². The van der Waals surface area contributed by atoms with E-state index in [0.29, 0.717) is 24.7 Å². The van der Waals surface area contributed by atoms with Crippen LogP contribution in [0.15, 0.2) is 29.4 Å². The zero-order chi connectivity index (χ0) is 18.9. The molecule has 6 nitrogen and oxygen atoms in total. The Hall–Kier alpha value is -2.42. The zero-order valence-corrected chi connectivity index (χ0v) is 15.7. The lowest BCUT2D eigenvalue weighted by Gasteiger charge is -2.17. The van der Waals surface area contributed by atoms with Crippen LogP contribution in [0.2, 0.25) is 0 Å². The molecule has 0 aliphatic heterocycles. The summed E-state index contributed by atoms with van der Waals surface area (Å²) in [6.07, 6.45) is 1.81. The van der Waals surface area contributed by atoms with Crippen molar-refractivity contribution < 1.29 is 18.3 Å². The lowest BCUT2D eigenvalue weighted by molar-refractivity contribution is -0.0520. The van der Waals surface area contributed by atoms with Crippen LogP contribution in [0.5, 0.6) is 11.5 Å². The molecule has 0 unspecified atom stereocenters. The van der Waals surface area contributed by atoms with Crippen molar-refractivity contribution in [1.29, 1.82) is 0 Å². The largest absolute Gasteiger partial charge is 0.490 e. The number of hydrogen-bond acceptors (Lipinski definition) is 5. The van der Waals surface area contributed by atoms with Gasteiger partial charge in [0.25, 0.3) is 0 Å². The second-order valence-electron chi connectivity index (χ2n) is 5.20. The fourth-order valence-corrected chi connectivity index (χ4v) is 2.96. The molecule has 0 radical (unpaired) electrons. The van der Waals surface area contributed by atoms with E-state index in [1.54, 1.807) is 43.5 Å². The number of thiazole rings is 1. The van der Waals surface area contributed by atoms with Crippen LogP contribution in [-0.4, -0.2) is 31.2 Å². The molecule has 26 heavy (non-hydrogen) atoms. The fourth-order valence-electron chi connectivity index (χ4n) is 2.23. The Morgan fingerprint density at radius 2 is 2.08 bits per heavy atom. The standard InChI is InChI=1S/C17H22F2N4O2S/c1-4-24-13-7-5-6-12(15(13)25-16(18)19)9-22-17(20-3)23-10-14-21-8-11(2)26-14/h5-8,16H,4,9-10H2,1-3H3,(H2,20,22,23). The number of nitrogens with zero attached hydrogens (tertiary/aromatic N) is 2. The van der Waals surface area contributed by atoms with Crippen LogP contribution in [0.4, 0.5) is 8.78 Å². The van der Waals surface area contributed by atoms with Gasteiger partial charge in [0.05, 0.1) is 13.2 Å². The van der Waals surface area contributed by atoms with E-state index in [4.69, 9.17) is 4.74 Å². The van der Waals surface area contributed by atoms with E-state index in [1.807, 2.05) is 13.1 Å². The highest BCUT2D eigenvalue weighted by atomic mass is 32.1. The van der Waals surface area contributed by atoms with Gasteiger partial charge in [-0.1, -0.05) is 12.1 Å². The quantitative estimate of drug-likeness (QED) is 0.540. The Labute approximate surface area is 155 Å². The molecule has 0 amide bonds. The number of nitrogens with one attached hydrogen (secondary N) is 2. The van der Waals surface area contributed by atoms with Crippen LogP contribution in [0.3, 0.4) is 0 Å². The highest BCUT2D eigenvalue weighted by molar-refractivity contribution is 7.11. The zero-order valence-electron chi connectivity index (χ0n) is 14.9. The first kappa shape index (κ1) is 19.9. The van der Waals surface area contributed by atoms with Crippen LogP contribution < -0.4 is 20.1 Å². The summed E-state index contributed by atoms with van der Waals surface area (Å²) in [7, 11) is 1.63. The summed E-state index contributed by atoms with van der Waals surface area (Å²) in [5, 5.41) is 7.15. The molecular weight excluding hydrogens is 362 g/mol. The number of guanidine groups is 1. The van der Waals surface area contributed by atoms with Crippen molar-refractivity contribution in [2.45, 2.75) is 33.5 Å². The molecule has 1 heterocycles. The molecule has 1 aromatic carbocycles. The summed E-state index contributed by atoms with van der Waals surface area (Å²) in [6.45, 7) is 1.97. The maximum atomic E-state index is 12.8. The van der Waals surface area contributed by atoms with Gasteiger partial charge in [-0.25, -0.2) is 4.98 Å². The number of aromatic nitrogens is 1. The maximum absolute atomic E-state index is 12.8. The lowest BCUT2D eigenvalue weighted by Crippen LogP contribution is -2.36. The fraction of sp³-hybridized carbons (Fsp3) is 0.412. The number of hydrogen-bond donors (Lipinski definition) is 2. The number of ether oxygens (including phenoxy) is 2. The van der Waals surface area contributed by atoms with Gasteiger partial charge >= 0.3 is 6.61 Å². The first-order valence-corrected chi connectivity index (χ1v) is 8.90. The van der Waals surface area contributed by atoms with Crippen LogP contribution in [-0.2, 0) is 13.1 Å². The van der Waals surface area contributed by atoms with Crippen molar-refractivity contribution in [2.75, 3.05) is 13.7 Å². The second-order valence-corrected chi connectivity index (χ2v) is 6.52. The SMILES string of the molecule is CCOc1cccc(CNC(=NC)NCc2ncc(C)s2)c1OC(F)F. The van der Waals surface area contributed by atoms with Crippen molar-refractivity contribution in [3.05, 3.63) is 39.8 Å². The molecule has 0 atom stereocenters. The van der Waals surface area contributed by atoms with E-state index in [0.717, 1.165) is 9.88 Å². The summed E-state index contributed by atoms with van der Waals surface area (Å²) in [5.41, 5.74) is 0.546. The molecule has 142 valence electrons. The Morgan fingerprint density at radius 1 is 1.31 bits per heavy atom. The van der Waals surface area contributed by atoms with Gasteiger partial charge in [0.15, 0.2) is 17.5 Å². The maximum Gasteiger partial charge on any atom is 0.387 e. The predicted molar refractivity (Wildman–Crippen MR) is 98.1 cm³/mol.